The van der Waals surface area contributed by atoms with Crippen molar-refractivity contribution in [1.29, 1.82) is 5.26 Å². The van der Waals surface area contributed by atoms with E-state index in [-0.39, 0.29) is 5.57 Å². The Kier molecular flexibility index (Phi) is 6.06. The van der Waals surface area contributed by atoms with E-state index in [1.54, 1.807) is 37.5 Å². The molecule has 1 amide bonds. The Morgan fingerprint density at radius 2 is 1.86 bits per heavy atom. The molecule has 2 aromatic carbocycles. The molecule has 146 valence electrons. The van der Waals surface area contributed by atoms with Crippen LogP contribution in [-0.2, 0) is 4.79 Å². The number of hydrogen-bond acceptors (Lipinski definition) is 3. The number of nitrogens with one attached hydrogen (secondary N) is 1. The van der Waals surface area contributed by atoms with Crippen molar-refractivity contribution in [1.82, 2.24) is 4.57 Å². The lowest BCUT2D eigenvalue weighted by Gasteiger charge is -2.11. The van der Waals surface area contributed by atoms with Gasteiger partial charge < -0.3 is 14.6 Å². The highest BCUT2D eigenvalue weighted by Crippen LogP contribution is 2.27. The summed E-state index contributed by atoms with van der Waals surface area (Å²) in [6, 6.07) is 18.4. The zero-order chi connectivity index (χ0) is 21.0. The van der Waals surface area contributed by atoms with Crippen LogP contribution in [0.4, 0.5) is 5.69 Å². The third-order valence-electron chi connectivity index (χ3n) is 4.58. The first kappa shape index (κ1) is 20.2. The molecule has 0 aliphatic rings. The summed E-state index contributed by atoms with van der Waals surface area (Å²) in [5.41, 5.74) is 4.07. The van der Waals surface area contributed by atoms with Crippen molar-refractivity contribution in [2.24, 2.45) is 0 Å². The molecular weight excluding hydrogens is 386 g/mol. The first-order valence-corrected chi connectivity index (χ1v) is 9.33. The van der Waals surface area contributed by atoms with Crippen LogP contribution >= 0.6 is 11.6 Å². The number of anilines is 1. The largest absolute Gasteiger partial charge is 0.497 e. The molecule has 0 saturated carbocycles. The van der Waals surface area contributed by atoms with Gasteiger partial charge in [-0.1, -0.05) is 23.7 Å². The van der Waals surface area contributed by atoms with Crippen molar-refractivity contribution in [3.05, 3.63) is 82.1 Å². The fourth-order valence-corrected chi connectivity index (χ4v) is 3.33. The third kappa shape index (κ3) is 4.34. The summed E-state index contributed by atoms with van der Waals surface area (Å²) in [5, 5.41) is 12.9. The van der Waals surface area contributed by atoms with Crippen LogP contribution < -0.4 is 10.1 Å². The van der Waals surface area contributed by atoms with Crippen molar-refractivity contribution in [2.75, 3.05) is 12.4 Å². The molecule has 5 nitrogen and oxygen atoms in total. The fraction of sp³-hybridized carbons (Fsp3) is 0.130. The molecule has 6 heteroatoms. The topological polar surface area (TPSA) is 67.0 Å². The second-order valence-corrected chi connectivity index (χ2v) is 6.87. The lowest BCUT2D eigenvalue weighted by Crippen LogP contribution is -2.13. The molecule has 0 aliphatic heterocycles. The van der Waals surface area contributed by atoms with Gasteiger partial charge in [0.25, 0.3) is 5.91 Å². The Balaban J connectivity index is 1.91. The second-order valence-electron chi connectivity index (χ2n) is 6.47. The number of halogens is 1. The molecule has 29 heavy (non-hydrogen) atoms. The van der Waals surface area contributed by atoms with E-state index in [1.165, 1.54) is 0 Å². The summed E-state index contributed by atoms with van der Waals surface area (Å²) in [7, 11) is 1.57. The predicted octanol–water partition coefficient (Wildman–Crippen LogP) is 5.30. The van der Waals surface area contributed by atoms with Gasteiger partial charge in [-0.05, 0) is 68.0 Å². The van der Waals surface area contributed by atoms with Gasteiger partial charge in [0.05, 0.1) is 17.8 Å². The summed E-state index contributed by atoms with van der Waals surface area (Å²) in [5.74, 6) is 0.214. The van der Waals surface area contributed by atoms with E-state index in [1.807, 2.05) is 54.8 Å². The molecular formula is C23H20ClN3O2. The van der Waals surface area contributed by atoms with Crippen LogP contribution in [0.3, 0.4) is 0 Å². The van der Waals surface area contributed by atoms with Gasteiger partial charge in [0, 0.05) is 17.1 Å². The number of ether oxygens (including phenoxy) is 1. The molecule has 0 atom stereocenters. The van der Waals surface area contributed by atoms with Crippen molar-refractivity contribution in [3.63, 3.8) is 0 Å². The Morgan fingerprint density at radius 3 is 2.48 bits per heavy atom. The number of methoxy groups -OCH3 is 1. The number of carbonyl (C=O) groups excluding carboxylic acids is 1. The van der Waals surface area contributed by atoms with Gasteiger partial charge in [-0.15, -0.1) is 0 Å². The number of aryl methyl sites for hydroxylation is 1. The van der Waals surface area contributed by atoms with Gasteiger partial charge in [0.2, 0.25) is 0 Å². The average molecular weight is 406 g/mol. The van der Waals surface area contributed by atoms with Crippen molar-refractivity contribution in [2.45, 2.75) is 13.8 Å². The van der Waals surface area contributed by atoms with E-state index in [4.69, 9.17) is 16.3 Å². The highest BCUT2D eigenvalue weighted by molar-refractivity contribution is 6.32. The highest BCUT2D eigenvalue weighted by atomic mass is 35.5. The highest BCUT2D eigenvalue weighted by Gasteiger charge is 2.15. The van der Waals surface area contributed by atoms with E-state index in [9.17, 15) is 10.1 Å². The molecule has 1 aromatic heterocycles. The van der Waals surface area contributed by atoms with E-state index < -0.39 is 5.91 Å². The number of carbonyl (C=O) groups is 1. The molecule has 0 aliphatic carbocycles. The zero-order valence-electron chi connectivity index (χ0n) is 16.4. The minimum atomic E-state index is -0.472. The maximum Gasteiger partial charge on any atom is 0.266 e. The quantitative estimate of drug-likeness (QED) is 0.462. The number of nitrogens with zero attached hydrogens (tertiary/aromatic N) is 2. The summed E-state index contributed by atoms with van der Waals surface area (Å²) in [4.78, 5) is 12.6. The van der Waals surface area contributed by atoms with Crippen molar-refractivity contribution >= 4 is 29.3 Å². The smallest absolute Gasteiger partial charge is 0.266 e. The summed E-state index contributed by atoms with van der Waals surface area (Å²) < 4.78 is 7.11. The van der Waals surface area contributed by atoms with Crippen LogP contribution in [0, 0.1) is 25.2 Å². The Hall–Kier alpha value is -3.49. The molecule has 3 aromatic rings. The number of nitriles is 1. The van der Waals surface area contributed by atoms with Crippen LogP contribution in [-0.4, -0.2) is 17.6 Å². The first-order chi connectivity index (χ1) is 13.9. The number of para-hydroxylation sites is 1. The minimum absolute atomic E-state index is 0.0141. The fourth-order valence-electron chi connectivity index (χ4n) is 3.11. The van der Waals surface area contributed by atoms with Crippen LogP contribution in [0.2, 0.25) is 5.02 Å². The lowest BCUT2D eigenvalue weighted by atomic mass is 10.1. The molecule has 0 bridgehead atoms. The molecule has 1 heterocycles. The normalized spacial score (nSPS) is 11.1. The maximum absolute atomic E-state index is 12.6. The molecule has 0 unspecified atom stereocenters. The predicted molar refractivity (Wildman–Crippen MR) is 115 cm³/mol. The van der Waals surface area contributed by atoms with Gasteiger partial charge in [-0.3, -0.25) is 4.79 Å². The molecule has 3 rings (SSSR count). The number of amides is 1. The van der Waals surface area contributed by atoms with Crippen LogP contribution in [0.15, 0.2) is 60.2 Å². The van der Waals surface area contributed by atoms with Crippen molar-refractivity contribution in [3.8, 4) is 17.5 Å². The molecule has 1 N–H and O–H groups in total. The summed E-state index contributed by atoms with van der Waals surface area (Å²) in [6.45, 7) is 3.88. The Morgan fingerprint density at radius 1 is 1.17 bits per heavy atom. The van der Waals surface area contributed by atoms with Gasteiger partial charge in [0.1, 0.15) is 17.4 Å². The zero-order valence-corrected chi connectivity index (χ0v) is 17.1. The number of rotatable bonds is 5. The average Bonchev–Trinajstić information content (AvgIpc) is 3.00. The van der Waals surface area contributed by atoms with Gasteiger partial charge in [0.15, 0.2) is 0 Å². The van der Waals surface area contributed by atoms with Crippen LogP contribution in [0.1, 0.15) is 17.0 Å². The molecule has 0 spiro atoms. The molecule has 0 saturated heterocycles. The second kappa shape index (κ2) is 8.68. The number of aromatic nitrogens is 1. The van der Waals surface area contributed by atoms with E-state index in [2.05, 4.69) is 5.32 Å². The first-order valence-electron chi connectivity index (χ1n) is 8.95. The van der Waals surface area contributed by atoms with Gasteiger partial charge in [-0.25, -0.2) is 0 Å². The van der Waals surface area contributed by atoms with Crippen molar-refractivity contribution < 1.29 is 9.53 Å². The monoisotopic (exact) mass is 405 g/mol. The van der Waals surface area contributed by atoms with Crippen LogP contribution in [0.5, 0.6) is 5.75 Å². The van der Waals surface area contributed by atoms with E-state index in [0.29, 0.717) is 16.5 Å². The van der Waals surface area contributed by atoms with Gasteiger partial charge >= 0.3 is 0 Å². The summed E-state index contributed by atoms with van der Waals surface area (Å²) >= 11 is 6.35. The SMILES string of the molecule is COc1ccc(NC(=O)/C(C#N)=C\c2cc(C)n(-c3ccccc3Cl)c2C)cc1. The Bertz CT molecular complexity index is 1120. The van der Waals surface area contributed by atoms with Gasteiger partial charge in [-0.2, -0.15) is 5.26 Å². The molecule has 0 fully saturated rings. The standard InChI is InChI=1S/C23H20ClN3O2/c1-15-12-17(16(2)27(15)22-7-5-4-6-21(22)24)13-18(14-25)23(28)26-19-8-10-20(29-3)11-9-19/h4-13H,1-3H3,(H,26,28)/b18-13-. The number of benzene rings is 2. The lowest BCUT2D eigenvalue weighted by molar-refractivity contribution is -0.112. The van der Waals surface area contributed by atoms with Crippen LogP contribution in [0.25, 0.3) is 11.8 Å². The number of hydrogen-bond donors (Lipinski definition) is 1. The maximum atomic E-state index is 12.6. The Labute approximate surface area is 174 Å². The van der Waals surface area contributed by atoms with E-state index in [0.717, 1.165) is 22.6 Å². The summed E-state index contributed by atoms with van der Waals surface area (Å²) in [6.07, 6.45) is 1.59. The third-order valence-corrected chi connectivity index (χ3v) is 4.90. The minimum Gasteiger partial charge on any atom is -0.497 e. The molecule has 0 radical (unpaired) electrons. The van der Waals surface area contributed by atoms with E-state index >= 15 is 0 Å².